The maximum atomic E-state index is 17.2. The van der Waals surface area contributed by atoms with Gasteiger partial charge in [-0.3, -0.25) is 13.9 Å². The van der Waals surface area contributed by atoms with Gasteiger partial charge in [0.15, 0.2) is 48.9 Å². The number of hydrogen-bond acceptors (Lipinski definition) is 18. The van der Waals surface area contributed by atoms with Crippen LogP contribution in [0, 0.1) is 11.3 Å². The maximum absolute atomic E-state index is 17.2. The Morgan fingerprint density at radius 3 is 2.33 bits per heavy atom. The number of amides is 1. The quantitative estimate of drug-likeness (QED) is 0.0681. The van der Waals surface area contributed by atoms with Crippen LogP contribution in [-0.2, 0) is 62.0 Å². The highest BCUT2D eigenvalue weighted by Gasteiger charge is 2.57. The Balaban J connectivity index is 1.07. The number of imidazole rings is 2. The van der Waals surface area contributed by atoms with Gasteiger partial charge in [-0.25, -0.2) is 29.3 Å². The van der Waals surface area contributed by atoms with Crippen molar-refractivity contribution in [2.75, 3.05) is 18.5 Å². The molecule has 2 aliphatic heterocycles. The molecule has 9 rings (SSSR count). The van der Waals surface area contributed by atoms with E-state index in [4.69, 9.17) is 60.1 Å². The fourth-order valence-corrected chi connectivity index (χ4v) is 13.3. The normalized spacial score (nSPS) is 28.7. The van der Waals surface area contributed by atoms with E-state index in [1.807, 2.05) is 30.3 Å². The third-order valence-electron chi connectivity index (χ3n) is 12.5. The molecule has 0 radical (unpaired) electrons. The topological polar surface area (TPSA) is 234 Å². The van der Waals surface area contributed by atoms with Crippen molar-refractivity contribution in [2.45, 2.75) is 107 Å². The van der Waals surface area contributed by atoms with Gasteiger partial charge in [-0.15, -0.1) is 0 Å². The van der Waals surface area contributed by atoms with Crippen molar-refractivity contribution >= 4 is 79.4 Å². The van der Waals surface area contributed by atoms with Gasteiger partial charge < -0.3 is 46.8 Å². The minimum Gasteiger partial charge on any atom is -0.471 e. The molecule has 364 valence electrons. The van der Waals surface area contributed by atoms with Gasteiger partial charge in [0.25, 0.3) is 5.91 Å². The van der Waals surface area contributed by atoms with Crippen LogP contribution in [0.2, 0.25) is 18.1 Å². The molecule has 69 heavy (non-hydrogen) atoms. The molecular formula is C43H49FN10O10P2S2Si. The Labute approximate surface area is 407 Å². The number of nitrogens with one attached hydrogen (secondary N) is 1. The lowest BCUT2D eigenvalue weighted by atomic mass is 10.1. The highest BCUT2D eigenvalue weighted by atomic mass is 32.5. The standard InChI is InChI=1S/C43H49FN10O10P2S2Si/c1-43(2,3)69(4,5)64-36-29-19-28(53-24-51-33-39(53)48-23-49-41(33)57-20-26-13-8-6-9-14-26)34(36)63-66(68,58-18-12-17-45)59-21-30-35(62-65(56,67)61-29)31(44)42(60-30)54-25-50-32-37(46-22-47-38(32)54)52-40(55)27-15-10-7-11-16-27/h6-11,13-16,22-25,28-31,34-36,42H,12,18-21H2,1-5H3,(H,56,67)(H,46,47,52,55)/t28-,29+,30-,31-,34+,35-,36-,42-,65?,66?/m1/s1. The third kappa shape index (κ3) is 10.4. The molecule has 2 N–H and O–H groups in total. The number of carbonyl (C=O) groups is 1. The highest BCUT2D eigenvalue weighted by molar-refractivity contribution is 8.07. The second-order valence-electron chi connectivity index (χ2n) is 18.0. The number of carbonyl (C=O) groups excluding carboxylic acids is 1. The molecule has 1 saturated carbocycles. The lowest BCUT2D eigenvalue weighted by molar-refractivity contribution is -0.0567. The average Bonchev–Trinajstić information content (AvgIpc) is 4.09. The molecule has 26 heteroatoms. The Bertz CT molecular complexity index is 2970. The molecule has 1 amide bonds. The predicted octanol–water partition coefficient (Wildman–Crippen LogP) is 7.63. The highest BCUT2D eigenvalue weighted by Crippen LogP contribution is 2.60. The molecule has 0 spiro atoms. The van der Waals surface area contributed by atoms with Gasteiger partial charge in [0.1, 0.15) is 43.7 Å². The van der Waals surface area contributed by atoms with Crippen molar-refractivity contribution in [1.29, 1.82) is 5.26 Å². The van der Waals surface area contributed by atoms with Crippen LogP contribution < -0.4 is 10.1 Å². The van der Waals surface area contributed by atoms with Crippen molar-refractivity contribution in [3.05, 3.63) is 97.1 Å². The number of aromatic nitrogens is 8. The molecule has 10 atom stereocenters. The minimum atomic E-state index is -4.41. The van der Waals surface area contributed by atoms with E-state index >= 15 is 4.39 Å². The third-order valence-corrected chi connectivity index (χ3v) is 20.9. The van der Waals surface area contributed by atoms with Crippen LogP contribution in [-0.4, -0.2) is 108 Å². The van der Waals surface area contributed by atoms with Crippen molar-refractivity contribution in [2.24, 2.45) is 0 Å². The molecule has 20 nitrogen and oxygen atoms in total. The van der Waals surface area contributed by atoms with Gasteiger partial charge in [-0.1, -0.05) is 69.3 Å². The number of alkyl halides is 1. The molecular weight excluding hydrogens is 990 g/mol. The number of anilines is 1. The van der Waals surface area contributed by atoms with Crippen LogP contribution in [0.4, 0.5) is 10.2 Å². The van der Waals surface area contributed by atoms with Crippen molar-refractivity contribution < 1.29 is 50.6 Å². The smallest absolute Gasteiger partial charge is 0.327 e. The number of hydrogen-bond donors (Lipinski definition) is 2. The first-order chi connectivity index (χ1) is 32.9. The zero-order valence-corrected chi connectivity index (χ0v) is 42.4. The van der Waals surface area contributed by atoms with E-state index in [0.29, 0.717) is 16.7 Å². The number of fused-ring (bicyclic) bond motifs is 5. The zero-order chi connectivity index (χ0) is 48.7. The molecule has 3 aliphatic rings. The van der Waals surface area contributed by atoms with Gasteiger partial charge in [0.05, 0.1) is 50.5 Å². The van der Waals surface area contributed by atoms with Gasteiger partial charge in [-0.05, 0) is 59.4 Å². The Kier molecular flexibility index (Phi) is 14.3. The van der Waals surface area contributed by atoms with E-state index in [-0.39, 0.29) is 54.0 Å². The molecule has 6 heterocycles. The van der Waals surface area contributed by atoms with Gasteiger partial charge in [0, 0.05) is 12.0 Å². The van der Waals surface area contributed by atoms with Gasteiger partial charge in [0.2, 0.25) is 5.88 Å². The first-order valence-corrected chi connectivity index (χ1v) is 30.0. The first kappa shape index (κ1) is 49.4. The van der Waals surface area contributed by atoms with E-state index in [1.54, 1.807) is 41.2 Å². The molecule has 1 aliphatic carbocycles. The summed E-state index contributed by atoms with van der Waals surface area (Å²) in [6.45, 7) is 1.53. The molecule has 4 aromatic heterocycles. The summed E-state index contributed by atoms with van der Waals surface area (Å²) in [4.78, 5) is 51.8. The van der Waals surface area contributed by atoms with Crippen LogP contribution in [0.15, 0.2) is 86.0 Å². The number of benzene rings is 2. The van der Waals surface area contributed by atoms with Crippen LogP contribution in [0.25, 0.3) is 22.3 Å². The fourth-order valence-electron chi connectivity index (χ4n) is 8.05. The second-order valence-corrected chi connectivity index (χ2v) is 28.5. The largest absolute Gasteiger partial charge is 0.471 e. The van der Waals surface area contributed by atoms with E-state index in [1.165, 1.54) is 23.5 Å². The lowest BCUT2D eigenvalue weighted by Gasteiger charge is -2.42. The van der Waals surface area contributed by atoms with E-state index in [9.17, 15) is 14.9 Å². The molecule has 2 unspecified atom stereocenters. The van der Waals surface area contributed by atoms with Crippen molar-refractivity contribution in [1.82, 2.24) is 39.0 Å². The Morgan fingerprint density at radius 1 is 0.928 bits per heavy atom. The van der Waals surface area contributed by atoms with Crippen molar-refractivity contribution in [3.8, 4) is 11.9 Å². The molecule has 2 bridgehead atoms. The summed E-state index contributed by atoms with van der Waals surface area (Å²) in [5, 5.41) is 11.9. The number of nitrogens with zero attached hydrogens (tertiary/aromatic N) is 9. The second kappa shape index (κ2) is 19.9. The lowest BCUT2D eigenvalue weighted by Crippen LogP contribution is -2.50. The summed E-state index contributed by atoms with van der Waals surface area (Å²) >= 11 is 11.9. The average molecular weight is 1040 g/mol. The van der Waals surface area contributed by atoms with Crippen LogP contribution in [0.3, 0.4) is 0 Å². The summed E-state index contributed by atoms with van der Waals surface area (Å²) in [6, 6.07) is 19.4. The predicted molar refractivity (Wildman–Crippen MR) is 258 cm³/mol. The monoisotopic (exact) mass is 1040 g/mol. The summed E-state index contributed by atoms with van der Waals surface area (Å²) in [6.07, 6.45) is -4.08. The summed E-state index contributed by atoms with van der Waals surface area (Å²) < 4.78 is 72.1. The molecule has 2 saturated heterocycles. The summed E-state index contributed by atoms with van der Waals surface area (Å²) in [7, 11) is -2.74. The minimum absolute atomic E-state index is 0.0548. The van der Waals surface area contributed by atoms with E-state index in [2.05, 4.69) is 75.2 Å². The Morgan fingerprint density at radius 2 is 1.61 bits per heavy atom. The summed E-state index contributed by atoms with van der Waals surface area (Å²) in [5.74, 6) is -0.121. The molecule has 6 aromatic rings. The first-order valence-electron chi connectivity index (χ1n) is 21.9. The molecule has 2 aromatic carbocycles. The van der Waals surface area contributed by atoms with Crippen LogP contribution >= 0.6 is 13.4 Å². The number of rotatable bonds is 12. The van der Waals surface area contributed by atoms with Crippen molar-refractivity contribution in [3.63, 3.8) is 0 Å². The zero-order valence-electron chi connectivity index (χ0n) is 38.0. The van der Waals surface area contributed by atoms with Gasteiger partial charge >= 0.3 is 13.4 Å². The number of halogens is 1. The SMILES string of the molecule is CC(C)(C)[Si](C)(C)O[C@H]1[C@H]2OP(=S)(OCCC#N)OC[C@H]3O[C@@H](n4cnc5c(NC(=O)c6ccccc6)ncnc54)[C@H](F)[C@@H]3OP(O)(=S)O[C@H]1C[C@H]2n1cnc2c(OCc3ccccc3)ncnc21. The summed E-state index contributed by atoms with van der Waals surface area (Å²) in [5.41, 5.74) is 2.33. The number of ether oxygens (including phenoxy) is 2. The Hall–Kier alpha value is -4.57. The molecule has 3 fully saturated rings. The van der Waals surface area contributed by atoms with Crippen LogP contribution in [0.5, 0.6) is 5.88 Å². The van der Waals surface area contributed by atoms with E-state index < -0.39 is 83.2 Å². The number of nitriles is 1. The fraction of sp³-hybridized carbons (Fsp3) is 0.442. The van der Waals surface area contributed by atoms with E-state index in [0.717, 1.165) is 5.56 Å². The van der Waals surface area contributed by atoms with Crippen LogP contribution in [0.1, 0.15) is 61.8 Å². The maximum Gasteiger partial charge on any atom is 0.327 e. The van der Waals surface area contributed by atoms with Gasteiger partial charge in [-0.2, -0.15) is 10.2 Å².